The van der Waals surface area contributed by atoms with Crippen LogP contribution in [0.3, 0.4) is 0 Å². The largest absolute Gasteiger partial charge is 0.489 e. The first-order valence-electron chi connectivity index (χ1n) is 5.28. The molecular formula is C14H12BrFO. The van der Waals surface area contributed by atoms with E-state index in [1.54, 1.807) is 12.1 Å². The van der Waals surface area contributed by atoms with E-state index in [0.29, 0.717) is 12.4 Å². The zero-order chi connectivity index (χ0) is 12.3. The van der Waals surface area contributed by atoms with Crippen molar-refractivity contribution in [3.63, 3.8) is 0 Å². The number of hydrogen-bond acceptors (Lipinski definition) is 1. The van der Waals surface area contributed by atoms with Crippen molar-refractivity contribution in [3.05, 3.63) is 63.9 Å². The molecule has 0 aliphatic heterocycles. The Hall–Kier alpha value is -1.35. The number of rotatable bonds is 3. The SMILES string of the molecule is Cc1ccc(COc2cccc(F)c2)c(Br)c1. The van der Waals surface area contributed by atoms with Crippen LogP contribution in [0.15, 0.2) is 46.9 Å². The number of benzene rings is 2. The second-order valence-electron chi connectivity index (χ2n) is 3.84. The fraction of sp³-hybridized carbons (Fsp3) is 0.143. The Morgan fingerprint density at radius 2 is 2.00 bits per heavy atom. The average molecular weight is 295 g/mol. The number of ether oxygens (including phenoxy) is 1. The van der Waals surface area contributed by atoms with E-state index in [4.69, 9.17) is 4.74 Å². The summed E-state index contributed by atoms with van der Waals surface area (Å²) in [5.74, 6) is 0.253. The molecule has 2 rings (SSSR count). The maximum absolute atomic E-state index is 12.9. The highest BCUT2D eigenvalue weighted by Gasteiger charge is 2.02. The third-order valence-corrected chi connectivity index (χ3v) is 3.14. The van der Waals surface area contributed by atoms with Crippen molar-refractivity contribution >= 4 is 15.9 Å². The van der Waals surface area contributed by atoms with Gasteiger partial charge < -0.3 is 4.74 Å². The fourth-order valence-electron chi connectivity index (χ4n) is 1.49. The zero-order valence-electron chi connectivity index (χ0n) is 9.41. The van der Waals surface area contributed by atoms with Gasteiger partial charge in [-0.1, -0.05) is 34.1 Å². The Morgan fingerprint density at radius 3 is 2.71 bits per heavy atom. The molecule has 0 amide bonds. The molecule has 3 heteroatoms. The smallest absolute Gasteiger partial charge is 0.126 e. The molecular weight excluding hydrogens is 283 g/mol. The molecule has 0 saturated carbocycles. The summed E-state index contributed by atoms with van der Waals surface area (Å²) in [4.78, 5) is 0. The molecule has 0 heterocycles. The van der Waals surface area contributed by atoms with Crippen molar-refractivity contribution < 1.29 is 9.13 Å². The third-order valence-electron chi connectivity index (χ3n) is 2.40. The normalized spacial score (nSPS) is 10.3. The number of halogens is 2. The topological polar surface area (TPSA) is 9.23 Å². The van der Waals surface area contributed by atoms with Gasteiger partial charge in [-0.05, 0) is 30.7 Å². The third kappa shape index (κ3) is 3.30. The molecule has 88 valence electrons. The highest BCUT2D eigenvalue weighted by Crippen LogP contribution is 2.21. The number of aryl methyl sites for hydroxylation is 1. The Kier molecular flexibility index (Phi) is 3.79. The molecule has 0 saturated heterocycles. The first kappa shape index (κ1) is 12.1. The van der Waals surface area contributed by atoms with E-state index in [1.165, 1.54) is 17.7 Å². The Labute approximate surface area is 108 Å². The van der Waals surface area contributed by atoms with E-state index in [2.05, 4.69) is 15.9 Å². The minimum atomic E-state index is -0.287. The molecule has 2 aromatic carbocycles. The number of hydrogen-bond donors (Lipinski definition) is 0. The van der Waals surface area contributed by atoms with E-state index in [0.717, 1.165) is 10.0 Å². The Morgan fingerprint density at radius 1 is 1.18 bits per heavy atom. The zero-order valence-corrected chi connectivity index (χ0v) is 11.0. The quantitative estimate of drug-likeness (QED) is 0.811. The molecule has 0 radical (unpaired) electrons. The van der Waals surface area contributed by atoms with E-state index < -0.39 is 0 Å². The van der Waals surface area contributed by atoms with E-state index >= 15 is 0 Å². The van der Waals surface area contributed by atoms with Crippen LogP contribution in [-0.2, 0) is 6.61 Å². The highest BCUT2D eigenvalue weighted by molar-refractivity contribution is 9.10. The van der Waals surface area contributed by atoms with Crippen LogP contribution in [-0.4, -0.2) is 0 Å². The van der Waals surface area contributed by atoms with Gasteiger partial charge in [-0.25, -0.2) is 4.39 Å². The van der Waals surface area contributed by atoms with Crippen LogP contribution in [0.2, 0.25) is 0 Å². The monoisotopic (exact) mass is 294 g/mol. The van der Waals surface area contributed by atoms with Crippen molar-refractivity contribution in [2.75, 3.05) is 0 Å². The first-order valence-corrected chi connectivity index (χ1v) is 6.08. The van der Waals surface area contributed by atoms with Crippen molar-refractivity contribution in [1.29, 1.82) is 0 Å². The van der Waals surface area contributed by atoms with Crippen LogP contribution < -0.4 is 4.74 Å². The second-order valence-corrected chi connectivity index (χ2v) is 4.70. The summed E-state index contributed by atoms with van der Waals surface area (Å²) in [6, 6.07) is 12.2. The van der Waals surface area contributed by atoms with Gasteiger partial charge >= 0.3 is 0 Å². The molecule has 0 fully saturated rings. The van der Waals surface area contributed by atoms with Crippen LogP contribution in [0, 0.1) is 12.7 Å². The van der Waals surface area contributed by atoms with Gasteiger partial charge in [-0.3, -0.25) is 0 Å². The van der Waals surface area contributed by atoms with Crippen molar-refractivity contribution in [3.8, 4) is 5.75 Å². The van der Waals surface area contributed by atoms with Crippen LogP contribution >= 0.6 is 15.9 Å². The summed E-state index contributed by atoms with van der Waals surface area (Å²) < 4.78 is 19.5. The minimum absolute atomic E-state index is 0.287. The predicted octanol–water partition coefficient (Wildman–Crippen LogP) is 4.48. The minimum Gasteiger partial charge on any atom is -0.489 e. The lowest BCUT2D eigenvalue weighted by Gasteiger charge is -2.08. The summed E-state index contributed by atoms with van der Waals surface area (Å²) in [6.45, 7) is 2.45. The van der Waals surface area contributed by atoms with Crippen LogP contribution in [0.1, 0.15) is 11.1 Å². The summed E-state index contributed by atoms with van der Waals surface area (Å²) in [7, 11) is 0. The predicted molar refractivity (Wildman–Crippen MR) is 69.6 cm³/mol. The summed E-state index contributed by atoms with van der Waals surface area (Å²) >= 11 is 3.48. The first-order chi connectivity index (χ1) is 8.15. The van der Waals surface area contributed by atoms with Gasteiger partial charge in [0.2, 0.25) is 0 Å². The molecule has 0 unspecified atom stereocenters. The molecule has 0 bridgehead atoms. The van der Waals surface area contributed by atoms with Crippen molar-refractivity contribution in [2.45, 2.75) is 13.5 Å². The molecule has 0 atom stereocenters. The standard InChI is InChI=1S/C14H12BrFO/c1-10-5-6-11(14(15)7-10)9-17-13-4-2-3-12(16)8-13/h2-8H,9H2,1H3. The van der Waals surface area contributed by atoms with E-state index in [9.17, 15) is 4.39 Å². The lowest BCUT2D eigenvalue weighted by molar-refractivity contribution is 0.304. The maximum atomic E-state index is 12.9. The van der Waals surface area contributed by atoms with E-state index in [1.807, 2.05) is 25.1 Å². The van der Waals surface area contributed by atoms with Gasteiger partial charge in [0.05, 0.1) is 0 Å². The van der Waals surface area contributed by atoms with Gasteiger partial charge in [0.1, 0.15) is 18.2 Å². The summed E-state index contributed by atoms with van der Waals surface area (Å²) in [5.41, 5.74) is 2.23. The van der Waals surface area contributed by atoms with Gasteiger partial charge in [0.15, 0.2) is 0 Å². The lowest BCUT2D eigenvalue weighted by Crippen LogP contribution is -1.97. The molecule has 0 aromatic heterocycles. The molecule has 2 aromatic rings. The van der Waals surface area contributed by atoms with Gasteiger partial charge in [-0.2, -0.15) is 0 Å². The Balaban J connectivity index is 2.07. The van der Waals surface area contributed by atoms with Gasteiger partial charge in [-0.15, -0.1) is 0 Å². The molecule has 17 heavy (non-hydrogen) atoms. The highest BCUT2D eigenvalue weighted by atomic mass is 79.9. The molecule has 0 spiro atoms. The fourth-order valence-corrected chi connectivity index (χ4v) is 2.09. The molecule has 0 aliphatic carbocycles. The van der Waals surface area contributed by atoms with Crippen molar-refractivity contribution in [1.82, 2.24) is 0 Å². The van der Waals surface area contributed by atoms with Crippen molar-refractivity contribution in [2.24, 2.45) is 0 Å². The average Bonchev–Trinajstić information content (AvgIpc) is 2.28. The summed E-state index contributed by atoms with van der Waals surface area (Å²) in [5, 5.41) is 0. The Bertz CT molecular complexity index is 525. The lowest BCUT2D eigenvalue weighted by atomic mass is 10.2. The van der Waals surface area contributed by atoms with Crippen LogP contribution in [0.25, 0.3) is 0 Å². The van der Waals surface area contributed by atoms with Gasteiger partial charge in [0.25, 0.3) is 0 Å². The van der Waals surface area contributed by atoms with Crippen LogP contribution in [0.5, 0.6) is 5.75 Å². The van der Waals surface area contributed by atoms with E-state index in [-0.39, 0.29) is 5.82 Å². The van der Waals surface area contributed by atoms with Crippen LogP contribution in [0.4, 0.5) is 4.39 Å². The molecule has 0 N–H and O–H groups in total. The maximum Gasteiger partial charge on any atom is 0.126 e. The molecule has 1 nitrogen and oxygen atoms in total. The summed E-state index contributed by atoms with van der Waals surface area (Å²) in [6.07, 6.45) is 0. The second kappa shape index (κ2) is 5.32. The molecule has 0 aliphatic rings. The van der Waals surface area contributed by atoms with Gasteiger partial charge in [0, 0.05) is 16.1 Å².